The van der Waals surface area contributed by atoms with E-state index in [0.29, 0.717) is 6.61 Å². The average Bonchev–Trinajstić information content (AvgIpc) is 2.65. The van der Waals surface area contributed by atoms with Crippen LogP contribution >= 0.6 is 22.6 Å². The molecule has 3 nitrogen and oxygen atoms in total. The van der Waals surface area contributed by atoms with Crippen LogP contribution in [0.1, 0.15) is 46.5 Å². The lowest BCUT2D eigenvalue weighted by molar-refractivity contribution is -0.149. The highest BCUT2D eigenvalue weighted by atomic mass is 127. The maximum atomic E-state index is 11.7. The fourth-order valence-corrected chi connectivity index (χ4v) is 1.96. The SMILES string of the molecule is CC(C)(C)OC[C@H](I)C(=O)OC1CCCC1. The van der Waals surface area contributed by atoms with Gasteiger partial charge in [0.1, 0.15) is 10.0 Å². The van der Waals surface area contributed by atoms with E-state index in [1.165, 1.54) is 12.8 Å². The number of hydrogen-bond donors (Lipinski definition) is 0. The summed E-state index contributed by atoms with van der Waals surface area (Å²) in [5.41, 5.74) is -0.197. The number of rotatable bonds is 4. The Kier molecular flexibility index (Phi) is 5.50. The fourth-order valence-electron chi connectivity index (χ4n) is 1.64. The van der Waals surface area contributed by atoms with Crippen LogP contribution in [0.15, 0.2) is 0 Å². The van der Waals surface area contributed by atoms with Gasteiger partial charge in [-0.3, -0.25) is 4.79 Å². The molecule has 16 heavy (non-hydrogen) atoms. The van der Waals surface area contributed by atoms with Gasteiger partial charge in [-0.05, 0) is 46.5 Å². The van der Waals surface area contributed by atoms with Crippen molar-refractivity contribution in [3.05, 3.63) is 0 Å². The van der Waals surface area contributed by atoms with E-state index in [2.05, 4.69) is 22.6 Å². The molecule has 1 rings (SSSR count). The molecule has 1 saturated carbocycles. The fraction of sp³-hybridized carbons (Fsp3) is 0.917. The van der Waals surface area contributed by atoms with Gasteiger partial charge in [0.15, 0.2) is 0 Å². The number of carbonyl (C=O) groups excluding carboxylic acids is 1. The van der Waals surface area contributed by atoms with Crippen molar-refractivity contribution in [3.8, 4) is 0 Å². The van der Waals surface area contributed by atoms with Crippen LogP contribution in [0.25, 0.3) is 0 Å². The number of ether oxygens (including phenoxy) is 2. The first kappa shape index (κ1) is 14.2. The molecule has 0 radical (unpaired) electrons. The molecule has 0 N–H and O–H groups in total. The van der Waals surface area contributed by atoms with Crippen molar-refractivity contribution in [3.63, 3.8) is 0 Å². The molecule has 0 unspecified atom stereocenters. The molecule has 0 aliphatic heterocycles. The lowest BCUT2D eigenvalue weighted by Crippen LogP contribution is -2.30. The third kappa shape index (κ3) is 5.48. The van der Waals surface area contributed by atoms with E-state index in [1.54, 1.807) is 0 Å². The summed E-state index contributed by atoms with van der Waals surface area (Å²) in [5, 5.41) is 0. The third-order valence-corrected chi connectivity index (χ3v) is 3.37. The minimum atomic E-state index is -0.197. The van der Waals surface area contributed by atoms with Gasteiger partial charge in [-0.1, -0.05) is 22.6 Å². The molecule has 94 valence electrons. The predicted octanol–water partition coefficient (Wildman–Crippen LogP) is 3.09. The second kappa shape index (κ2) is 6.19. The Morgan fingerprint density at radius 2 is 1.94 bits per heavy atom. The lowest BCUT2D eigenvalue weighted by Gasteiger charge is -2.22. The Balaban J connectivity index is 2.24. The van der Waals surface area contributed by atoms with E-state index in [1.807, 2.05) is 20.8 Å². The molecular weight excluding hydrogens is 319 g/mol. The average molecular weight is 340 g/mol. The Morgan fingerprint density at radius 1 is 1.38 bits per heavy atom. The molecule has 4 heteroatoms. The Hall–Kier alpha value is 0.160. The van der Waals surface area contributed by atoms with E-state index in [0.717, 1.165) is 12.8 Å². The summed E-state index contributed by atoms with van der Waals surface area (Å²) in [5.74, 6) is -0.128. The molecule has 1 aliphatic carbocycles. The molecule has 0 heterocycles. The molecular formula is C12H21IO3. The van der Waals surface area contributed by atoms with Crippen molar-refractivity contribution < 1.29 is 14.3 Å². The number of esters is 1. The number of hydrogen-bond acceptors (Lipinski definition) is 3. The first-order valence-electron chi connectivity index (χ1n) is 5.87. The van der Waals surface area contributed by atoms with Gasteiger partial charge in [-0.25, -0.2) is 0 Å². The second-order valence-electron chi connectivity index (χ2n) is 5.23. The van der Waals surface area contributed by atoms with Gasteiger partial charge >= 0.3 is 5.97 Å². The van der Waals surface area contributed by atoms with Crippen LogP contribution in [-0.2, 0) is 14.3 Å². The molecule has 1 fully saturated rings. The van der Waals surface area contributed by atoms with E-state index in [9.17, 15) is 4.79 Å². The van der Waals surface area contributed by atoms with E-state index in [4.69, 9.17) is 9.47 Å². The highest BCUT2D eigenvalue weighted by Crippen LogP contribution is 2.22. The van der Waals surface area contributed by atoms with Crippen LogP contribution in [-0.4, -0.2) is 28.2 Å². The minimum absolute atomic E-state index is 0.128. The molecule has 1 aliphatic rings. The van der Waals surface area contributed by atoms with Crippen molar-refractivity contribution in [2.45, 2.75) is 62.1 Å². The first-order valence-corrected chi connectivity index (χ1v) is 7.11. The van der Waals surface area contributed by atoms with Gasteiger partial charge in [0.05, 0.1) is 12.2 Å². The van der Waals surface area contributed by atoms with Crippen LogP contribution in [0.4, 0.5) is 0 Å². The van der Waals surface area contributed by atoms with Crippen LogP contribution in [0.3, 0.4) is 0 Å². The molecule has 0 aromatic heterocycles. The van der Waals surface area contributed by atoms with Gasteiger partial charge in [0.25, 0.3) is 0 Å². The van der Waals surface area contributed by atoms with Gasteiger partial charge in [0.2, 0.25) is 0 Å². The quantitative estimate of drug-likeness (QED) is 0.448. The molecule has 0 saturated heterocycles. The molecule has 0 aromatic carbocycles. The van der Waals surface area contributed by atoms with E-state index < -0.39 is 0 Å². The molecule has 0 aromatic rings. The third-order valence-electron chi connectivity index (χ3n) is 2.50. The molecule has 0 spiro atoms. The molecule has 0 bridgehead atoms. The zero-order valence-corrected chi connectivity index (χ0v) is 12.5. The normalized spacial score (nSPS) is 19.8. The topological polar surface area (TPSA) is 35.5 Å². The summed E-state index contributed by atoms with van der Waals surface area (Å²) in [6, 6.07) is 0. The Morgan fingerprint density at radius 3 is 2.44 bits per heavy atom. The molecule has 0 amide bonds. The minimum Gasteiger partial charge on any atom is -0.462 e. The van der Waals surface area contributed by atoms with Crippen molar-refractivity contribution in [1.29, 1.82) is 0 Å². The molecule has 1 atom stereocenters. The number of carbonyl (C=O) groups is 1. The zero-order valence-electron chi connectivity index (χ0n) is 10.3. The van der Waals surface area contributed by atoms with Crippen LogP contribution < -0.4 is 0 Å². The van der Waals surface area contributed by atoms with Gasteiger partial charge < -0.3 is 9.47 Å². The maximum absolute atomic E-state index is 11.7. The maximum Gasteiger partial charge on any atom is 0.321 e. The zero-order chi connectivity index (χ0) is 12.2. The van der Waals surface area contributed by atoms with Gasteiger partial charge in [-0.15, -0.1) is 0 Å². The van der Waals surface area contributed by atoms with E-state index >= 15 is 0 Å². The van der Waals surface area contributed by atoms with Crippen molar-refractivity contribution >= 4 is 28.6 Å². The largest absolute Gasteiger partial charge is 0.462 e. The summed E-state index contributed by atoms with van der Waals surface area (Å²) in [4.78, 5) is 11.7. The van der Waals surface area contributed by atoms with E-state index in [-0.39, 0.29) is 21.6 Å². The first-order chi connectivity index (χ1) is 7.38. The summed E-state index contributed by atoms with van der Waals surface area (Å²) in [6.45, 7) is 6.38. The number of halogens is 1. The van der Waals surface area contributed by atoms with Crippen LogP contribution in [0.5, 0.6) is 0 Å². The van der Waals surface area contributed by atoms with Gasteiger partial charge in [-0.2, -0.15) is 0 Å². The van der Waals surface area contributed by atoms with Crippen LogP contribution in [0, 0.1) is 0 Å². The highest BCUT2D eigenvalue weighted by molar-refractivity contribution is 14.1. The number of alkyl halides is 1. The summed E-state index contributed by atoms with van der Waals surface area (Å²) >= 11 is 2.09. The lowest BCUT2D eigenvalue weighted by atomic mass is 10.2. The van der Waals surface area contributed by atoms with Crippen molar-refractivity contribution in [2.24, 2.45) is 0 Å². The second-order valence-corrected chi connectivity index (χ2v) is 6.74. The highest BCUT2D eigenvalue weighted by Gasteiger charge is 2.25. The summed E-state index contributed by atoms with van der Waals surface area (Å²) < 4.78 is 10.8. The van der Waals surface area contributed by atoms with Gasteiger partial charge in [0, 0.05) is 0 Å². The Bertz CT molecular complexity index is 229. The summed E-state index contributed by atoms with van der Waals surface area (Å²) in [6.07, 6.45) is 4.56. The van der Waals surface area contributed by atoms with Crippen molar-refractivity contribution in [1.82, 2.24) is 0 Å². The summed E-state index contributed by atoms with van der Waals surface area (Å²) in [7, 11) is 0. The smallest absolute Gasteiger partial charge is 0.321 e. The Labute approximate surface area is 111 Å². The monoisotopic (exact) mass is 340 g/mol. The van der Waals surface area contributed by atoms with Crippen molar-refractivity contribution in [2.75, 3.05) is 6.61 Å². The predicted molar refractivity (Wildman–Crippen MR) is 71.9 cm³/mol. The van der Waals surface area contributed by atoms with Crippen LogP contribution in [0.2, 0.25) is 0 Å². The standard InChI is InChI=1S/C12H21IO3/c1-12(2,3)15-8-10(13)11(14)16-9-6-4-5-7-9/h9-10H,4-8H2,1-3H3/t10-/m0/s1.